The standard InChI is InChI=1S/C27H32F2N2O2/c1-4-20(2)31(17-23-16-24(28)11-13-26(23)29)19-27(32)30(18-25-12-10-21(3)33-25)15-14-22-8-6-5-7-9-22/h5-13,16,20H,4,14-15,17-19H2,1-3H3/t20-/m0/s1. The summed E-state index contributed by atoms with van der Waals surface area (Å²) in [6.45, 7) is 7.05. The van der Waals surface area contributed by atoms with E-state index in [-0.39, 0.29) is 30.6 Å². The Morgan fingerprint density at radius 3 is 2.45 bits per heavy atom. The van der Waals surface area contributed by atoms with Crippen molar-refractivity contribution in [2.75, 3.05) is 13.1 Å². The van der Waals surface area contributed by atoms with Gasteiger partial charge in [0.25, 0.3) is 0 Å². The molecule has 3 aromatic rings. The van der Waals surface area contributed by atoms with Crippen LogP contribution in [0.4, 0.5) is 8.78 Å². The number of carbonyl (C=O) groups excluding carboxylic acids is 1. The highest BCUT2D eigenvalue weighted by Crippen LogP contribution is 2.17. The minimum absolute atomic E-state index is 0.0263. The SMILES string of the molecule is CC[C@H](C)N(CC(=O)N(CCc1ccccc1)Cc1ccc(C)o1)Cc1cc(F)ccc1F. The predicted octanol–water partition coefficient (Wildman–Crippen LogP) is 5.74. The molecule has 0 N–H and O–H groups in total. The van der Waals surface area contributed by atoms with Crippen LogP contribution in [0.3, 0.4) is 0 Å². The molecule has 3 rings (SSSR count). The smallest absolute Gasteiger partial charge is 0.237 e. The van der Waals surface area contributed by atoms with Crippen LogP contribution >= 0.6 is 0 Å². The molecule has 33 heavy (non-hydrogen) atoms. The molecule has 0 saturated carbocycles. The maximum absolute atomic E-state index is 14.3. The average molecular weight is 455 g/mol. The van der Waals surface area contributed by atoms with Gasteiger partial charge in [0.2, 0.25) is 5.91 Å². The number of rotatable bonds is 11. The number of furan rings is 1. The molecule has 0 aliphatic heterocycles. The molecule has 0 aliphatic carbocycles. The van der Waals surface area contributed by atoms with Crippen LogP contribution in [-0.4, -0.2) is 34.8 Å². The Hall–Kier alpha value is -2.99. The molecule has 4 nitrogen and oxygen atoms in total. The van der Waals surface area contributed by atoms with Gasteiger partial charge in [0.15, 0.2) is 0 Å². The second-order valence-corrected chi connectivity index (χ2v) is 8.46. The Labute approximate surface area is 194 Å². The topological polar surface area (TPSA) is 36.7 Å². The van der Waals surface area contributed by atoms with Gasteiger partial charge < -0.3 is 9.32 Å². The van der Waals surface area contributed by atoms with E-state index in [1.54, 1.807) is 4.90 Å². The Bertz CT molecular complexity index is 1040. The van der Waals surface area contributed by atoms with Crippen LogP contribution < -0.4 is 0 Å². The Morgan fingerprint density at radius 2 is 1.79 bits per heavy atom. The lowest BCUT2D eigenvalue weighted by molar-refractivity contribution is -0.134. The molecule has 1 atom stereocenters. The van der Waals surface area contributed by atoms with Crippen LogP contribution in [0.15, 0.2) is 65.1 Å². The molecule has 0 bridgehead atoms. The quantitative estimate of drug-likeness (QED) is 0.371. The molecular weight excluding hydrogens is 422 g/mol. The number of aryl methyl sites for hydroxylation is 1. The van der Waals surface area contributed by atoms with Gasteiger partial charge in [-0.05, 0) is 62.6 Å². The number of nitrogens with zero attached hydrogens (tertiary/aromatic N) is 2. The van der Waals surface area contributed by atoms with Gasteiger partial charge in [-0.3, -0.25) is 9.69 Å². The largest absolute Gasteiger partial charge is 0.464 e. The van der Waals surface area contributed by atoms with E-state index in [9.17, 15) is 13.6 Å². The van der Waals surface area contributed by atoms with E-state index in [1.165, 1.54) is 6.07 Å². The zero-order chi connectivity index (χ0) is 23.8. The highest BCUT2D eigenvalue weighted by atomic mass is 19.1. The van der Waals surface area contributed by atoms with Gasteiger partial charge in [-0.15, -0.1) is 0 Å². The number of halogens is 2. The summed E-state index contributed by atoms with van der Waals surface area (Å²) < 4.78 is 33.7. The highest BCUT2D eigenvalue weighted by Gasteiger charge is 2.23. The van der Waals surface area contributed by atoms with Crippen molar-refractivity contribution in [3.63, 3.8) is 0 Å². The van der Waals surface area contributed by atoms with Gasteiger partial charge in [0.05, 0.1) is 13.1 Å². The molecule has 6 heteroatoms. The zero-order valence-electron chi connectivity index (χ0n) is 19.6. The third-order valence-electron chi connectivity index (χ3n) is 5.94. The first-order chi connectivity index (χ1) is 15.9. The molecule has 0 unspecified atom stereocenters. The third-order valence-corrected chi connectivity index (χ3v) is 5.94. The van der Waals surface area contributed by atoms with Crippen molar-refractivity contribution in [3.05, 3.63) is 94.9 Å². The Balaban J connectivity index is 1.76. The van der Waals surface area contributed by atoms with E-state index >= 15 is 0 Å². The Kier molecular flexibility index (Phi) is 8.78. The van der Waals surface area contributed by atoms with Gasteiger partial charge in [0.1, 0.15) is 23.2 Å². The summed E-state index contributed by atoms with van der Waals surface area (Å²) in [4.78, 5) is 17.1. The van der Waals surface area contributed by atoms with Crippen molar-refractivity contribution in [3.8, 4) is 0 Å². The number of hydrogen-bond donors (Lipinski definition) is 0. The van der Waals surface area contributed by atoms with Gasteiger partial charge in [0, 0.05) is 24.7 Å². The van der Waals surface area contributed by atoms with Crippen LogP contribution in [0.1, 0.15) is 42.9 Å². The van der Waals surface area contributed by atoms with Crippen LogP contribution in [0.2, 0.25) is 0 Å². The predicted molar refractivity (Wildman–Crippen MR) is 126 cm³/mol. The normalized spacial score (nSPS) is 12.2. The van der Waals surface area contributed by atoms with Gasteiger partial charge in [-0.25, -0.2) is 8.78 Å². The summed E-state index contributed by atoms with van der Waals surface area (Å²) >= 11 is 0. The molecule has 2 aromatic carbocycles. The van der Waals surface area contributed by atoms with E-state index in [4.69, 9.17) is 4.42 Å². The summed E-state index contributed by atoms with van der Waals surface area (Å²) in [6, 6.07) is 17.2. The maximum atomic E-state index is 14.3. The molecule has 1 heterocycles. The van der Waals surface area contributed by atoms with Crippen LogP contribution in [0.5, 0.6) is 0 Å². The summed E-state index contributed by atoms with van der Waals surface area (Å²) in [5.74, 6) is 0.490. The van der Waals surface area contributed by atoms with Crippen LogP contribution in [0, 0.1) is 18.6 Å². The second-order valence-electron chi connectivity index (χ2n) is 8.46. The first-order valence-electron chi connectivity index (χ1n) is 11.4. The fourth-order valence-corrected chi connectivity index (χ4v) is 3.74. The second kappa shape index (κ2) is 11.8. The maximum Gasteiger partial charge on any atom is 0.237 e. The third kappa shape index (κ3) is 7.26. The monoisotopic (exact) mass is 454 g/mol. The summed E-state index contributed by atoms with van der Waals surface area (Å²) in [5, 5.41) is 0. The van der Waals surface area contributed by atoms with Crippen molar-refractivity contribution in [2.24, 2.45) is 0 Å². The Morgan fingerprint density at radius 1 is 1.03 bits per heavy atom. The lowest BCUT2D eigenvalue weighted by atomic mass is 10.1. The molecule has 0 spiro atoms. The summed E-state index contributed by atoms with van der Waals surface area (Å²) in [6.07, 6.45) is 1.50. The van der Waals surface area contributed by atoms with E-state index < -0.39 is 11.6 Å². The summed E-state index contributed by atoms with van der Waals surface area (Å²) in [5.41, 5.74) is 1.40. The number of benzene rings is 2. The highest BCUT2D eigenvalue weighted by molar-refractivity contribution is 5.78. The zero-order valence-corrected chi connectivity index (χ0v) is 19.6. The summed E-state index contributed by atoms with van der Waals surface area (Å²) in [7, 11) is 0. The van der Waals surface area contributed by atoms with Crippen molar-refractivity contribution >= 4 is 5.91 Å². The lowest BCUT2D eigenvalue weighted by Crippen LogP contribution is -2.43. The first kappa shape index (κ1) is 24.6. The van der Waals surface area contributed by atoms with Gasteiger partial charge in [-0.2, -0.15) is 0 Å². The van der Waals surface area contributed by atoms with Gasteiger partial charge in [-0.1, -0.05) is 37.3 Å². The van der Waals surface area contributed by atoms with Crippen LogP contribution in [0.25, 0.3) is 0 Å². The van der Waals surface area contributed by atoms with Gasteiger partial charge >= 0.3 is 0 Å². The van der Waals surface area contributed by atoms with Crippen molar-refractivity contribution in [2.45, 2.75) is 52.7 Å². The van der Waals surface area contributed by atoms with Crippen LogP contribution in [-0.2, 0) is 24.3 Å². The molecule has 1 amide bonds. The molecule has 0 aliphatic rings. The number of carbonyl (C=O) groups is 1. The fraction of sp³-hybridized carbons (Fsp3) is 0.370. The molecule has 0 fully saturated rings. The fourth-order valence-electron chi connectivity index (χ4n) is 3.74. The minimum atomic E-state index is -0.487. The molecule has 1 aromatic heterocycles. The number of amides is 1. The van der Waals surface area contributed by atoms with E-state index in [2.05, 4.69) is 0 Å². The molecule has 0 saturated heterocycles. The molecule has 176 valence electrons. The van der Waals surface area contributed by atoms with E-state index in [0.29, 0.717) is 19.5 Å². The average Bonchev–Trinajstić information content (AvgIpc) is 3.23. The van der Waals surface area contributed by atoms with E-state index in [1.807, 2.05) is 68.1 Å². The first-order valence-corrected chi connectivity index (χ1v) is 11.4. The van der Waals surface area contributed by atoms with Crippen molar-refractivity contribution in [1.82, 2.24) is 9.80 Å². The lowest BCUT2D eigenvalue weighted by Gasteiger charge is -2.31. The number of hydrogen-bond acceptors (Lipinski definition) is 3. The molecular formula is C27H32F2N2O2. The van der Waals surface area contributed by atoms with E-state index in [0.717, 1.165) is 35.6 Å². The van der Waals surface area contributed by atoms with Crippen molar-refractivity contribution < 1.29 is 18.0 Å². The van der Waals surface area contributed by atoms with Crippen molar-refractivity contribution in [1.29, 1.82) is 0 Å². The minimum Gasteiger partial charge on any atom is -0.464 e. The molecule has 0 radical (unpaired) electrons.